The van der Waals surface area contributed by atoms with Crippen LogP contribution in [0.2, 0.25) is 0 Å². The van der Waals surface area contributed by atoms with Crippen LogP contribution in [0.15, 0.2) is 0 Å². The maximum atomic E-state index is 15.5. The Morgan fingerprint density at radius 3 is 1.63 bits per heavy atom. The molecule has 0 spiro atoms. The zero-order valence-corrected chi connectivity index (χ0v) is 29.9. The molecule has 5 unspecified atom stereocenters. The summed E-state index contributed by atoms with van der Waals surface area (Å²) < 4.78 is 143. The molecular weight excluding hydrogens is 693 g/mol. The van der Waals surface area contributed by atoms with Gasteiger partial charge in [-0.15, -0.1) is 0 Å². The van der Waals surface area contributed by atoms with E-state index in [2.05, 4.69) is 0 Å². The zero-order valence-electron chi connectivity index (χ0n) is 29.9. The van der Waals surface area contributed by atoms with Crippen LogP contribution in [0.4, 0.5) is 13.2 Å². The van der Waals surface area contributed by atoms with E-state index in [9.17, 15) is 0 Å². The van der Waals surface area contributed by atoms with Gasteiger partial charge in [0.25, 0.3) is 0 Å². The molecule has 294 valence electrons. The van der Waals surface area contributed by atoms with Crippen molar-refractivity contribution in [2.24, 2.45) is 0 Å². The minimum absolute atomic E-state index is 0.0425. The summed E-state index contributed by atoms with van der Waals surface area (Å²) in [7, 11) is 1.37. The van der Waals surface area contributed by atoms with Gasteiger partial charge in [-0.05, 0) is 13.8 Å². The number of halogens is 3. The monoisotopic (exact) mass is 744 g/mol. The number of methoxy groups -OCH3 is 1. The summed E-state index contributed by atoms with van der Waals surface area (Å²) in [6.07, 6.45) is -8.71. The van der Waals surface area contributed by atoms with E-state index in [4.69, 9.17) is 71.1 Å². The minimum atomic E-state index is -4.95. The first-order chi connectivity index (χ1) is 24.3. The van der Waals surface area contributed by atoms with Crippen LogP contribution in [0, 0.1) is 0 Å². The summed E-state index contributed by atoms with van der Waals surface area (Å²) in [5.41, 5.74) is -4.94. The van der Waals surface area contributed by atoms with E-state index in [1.54, 1.807) is 20.8 Å². The van der Waals surface area contributed by atoms with Gasteiger partial charge in [0.05, 0.1) is 79.1 Å². The Balaban J connectivity index is 1.51. The summed E-state index contributed by atoms with van der Waals surface area (Å²) in [5.74, 6) is -11.7. The Morgan fingerprint density at radius 2 is 1.12 bits per heavy atom. The Morgan fingerprint density at radius 1 is 0.627 bits per heavy atom. The molecule has 18 heteroatoms. The summed E-state index contributed by atoms with van der Waals surface area (Å²) >= 11 is 0. The molecule has 7 rings (SSSR count). The zero-order chi connectivity index (χ0) is 36.3. The van der Waals surface area contributed by atoms with Gasteiger partial charge in [-0.25, -0.2) is 0 Å². The van der Waals surface area contributed by atoms with Crippen molar-refractivity contribution in [1.29, 1.82) is 0 Å². The highest BCUT2D eigenvalue weighted by atomic mass is 19.4. The van der Waals surface area contributed by atoms with Crippen LogP contribution in [-0.2, 0) is 71.1 Å². The molecule has 7 heterocycles. The van der Waals surface area contributed by atoms with Crippen molar-refractivity contribution in [3.63, 3.8) is 0 Å². The van der Waals surface area contributed by atoms with Crippen LogP contribution in [0.1, 0.15) is 59.8 Å². The van der Waals surface area contributed by atoms with Gasteiger partial charge >= 0.3 is 6.18 Å². The van der Waals surface area contributed by atoms with Crippen molar-refractivity contribution in [2.45, 2.75) is 124 Å². The summed E-state index contributed by atoms with van der Waals surface area (Å²) in [5, 5.41) is 0. The smallest absolute Gasteiger partial charge is 0.379 e. The lowest BCUT2D eigenvalue weighted by molar-refractivity contribution is -0.474. The van der Waals surface area contributed by atoms with Crippen LogP contribution in [0.25, 0.3) is 0 Å². The third-order valence-corrected chi connectivity index (χ3v) is 10.9. The van der Waals surface area contributed by atoms with Crippen LogP contribution in [0.5, 0.6) is 0 Å². The quantitative estimate of drug-likeness (QED) is 0.273. The molecule has 15 nitrogen and oxygen atoms in total. The molecule has 7 fully saturated rings. The van der Waals surface area contributed by atoms with Crippen molar-refractivity contribution < 1.29 is 84.2 Å². The van der Waals surface area contributed by atoms with E-state index in [-0.39, 0.29) is 72.1 Å². The van der Waals surface area contributed by atoms with Gasteiger partial charge in [0, 0.05) is 20.0 Å². The SMILES string of the molecule is CCCC1(C2(C3(CC)OCCO3)OC(C)OC2(C2(COC)OCCO2)C2(CC(F)(F)F)OCC(C3(CC4(C)OCCO4)OCCO3)O2)OCCO1. The van der Waals surface area contributed by atoms with E-state index in [0.717, 1.165) is 0 Å². The van der Waals surface area contributed by atoms with Crippen molar-refractivity contribution in [3.05, 3.63) is 0 Å². The Bertz CT molecular complexity index is 1210. The van der Waals surface area contributed by atoms with Gasteiger partial charge in [0.2, 0.25) is 40.1 Å². The number of hydrogen-bond donors (Lipinski definition) is 0. The van der Waals surface area contributed by atoms with Gasteiger partial charge in [-0.1, -0.05) is 20.3 Å². The molecule has 51 heavy (non-hydrogen) atoms. The fourth-order valence-corrected chi connectivity index (χ4v) is 9.52. The Kier molecular flexibility index (Phi) is 10.4. The first kappa shape index (κ1) is 38.5. The first-order valence-corrected chi connectivity index (χ1v) is 17.9. The predicted octanol–water partition coefficient (Wildman–Crippen LogP) is 2.90. The molecule has 7 aliphatic heterocycles. The van der Waals surface area contributed by atoms with Gasteiger partial charge in [-0.3, -0.25) is 0 Å². The lowest BCUT2D eigenvalue weighted by atomic mass is 9.60. The highest BCUT2D eigenvalue weighted by Gasteiger charge is 2.94. The number of hydrogen-bond acceptors (Lipinski definition) is 15. The standard InChI is InChI=1S/C33H51F3O15/c1-6-8-28(44-15-16-45-28)32(27(7-2)42-13-14-43-27)33(50-23(3)49-32,30(22-37-5)46-17-18-47-30)29(21-31(34,35)36)48-19-24(51-29)26(40-11-12-41-26)20-25(4)38-9-10-39-25/h23-24H,6-22H2,1-5H3. The molecule has 0 bridgehead atoms. The summed E-state index contributed by atoms with van der Waals surface area (Å²) in [4.78, 5) is 0. The first-order valence-electron chi connectivity index (χ1n) is 17.9. The topological polar surface area (TPSA) is 138 Å². The molecule has 0 aromatic heterocycles. The molecule has 7 saturated heterocycles. The minimum Gasteiger partial charge on any atom is -0.379 e. The number of rotatable bonds is 13. The Hall–Kier alpha value is -0.810. The summed E-state index contributed by atoms with van der Waals surface area (Å²) in [6, 6.07) is 0. The second kappa shape index (κ2) is 13.7. The molecule has 7 aliphatic rings. The number of alkyl halides is 3. The second-order valence-electron chi connectivity index (χ2n) is 14.0. The molecule has 5 atom stereocenters. The third kappa shape index (κ3) is 5.65. The van der Waals surface area contributed by atoms with Gasteiger partial charge in [0.1, 0.15) is 19.1 Å². The van der Waals surface area contributed by atoms with Gasteiger partial charge in [-0.2, -0.15) is 13.2 Å². The van der Waals surface area contributed by atoms with Crippen molar-refractivity contribution in [3.8, 4) is 0 Å². The van der Waals surface area contributed by atoms with E-state index in [0.29, 0.717) is 19.6 Å². The lowest BCUT2D eigenvalue weighted by Gasteiger charge is -2.64. The highest BCUT2D eigenvalue weighted by Crippen LogP contribution is 2.69. The number of ether oxygens (including phenoxy) is 15. The predicted molar refractivity (Wildman–Crippen MR) is 162 cm³/mol. The van der Waals surface area contributed by atoms with Crippen molar-refractivity contribution in [1.82, 2.24) is 0 Å². The van der Waals surface area contributed by atoms with Crippen LogP contribution in [0.3, 0.4) is 0 Å². The maximum absolute atomic E-state index is 15.5. The molecule has 0 aromatic rings. The fourth-order valence-electron chi connectivity index (χ4n) is 9.52. The van der Waals surface area contributed by atoms with E-state index >= 15 is 13.2 Å². The van der Waals surface area contributed by atoms with Crippen molar-refractivity contribution in [2.75, 3.05) is 86.4 Å². The molecular formula is C33H51F3O15. The fraction of sp³-hybridized carbons (Fsp3) is 1.00. The van der Waals surface area contributed by atoms with E-state index in [1.165, 1.54) is 7.11 Å². The normalized spacial score (nSPS) is 39.8. The Labute approximate surface area is 295 Å². The molecule has 0 aromatic carbocycles. The molecule has 0 N–H and O–H groups in total. The van der Waals surface area contributed by atoms with Crippen LogP contribution < -0.4 is 0 Å². The second-order valence-corrected chi connectivity index (χ2v) is 14.0. The highest BCUT2D eigenvalue weighted by molar-refractivity contribution is 5.32. The molecule has 0 amide bonds. The maximum Gasteiger partial charge on any atom is 0.394 e. The molecule has 0 saturated carbocycles. The average Bonchev–Trinajstić information content (AvgIpc) is 3.91. The van der Waals surface area contributed by atoms with Crippen molar-refractivity contribution >= 4 is 0 Å². The van der Waals surface area contributed by atoms with Crippen LogP contribution in [-0.4, -0.2) is 151 Å². The van der Waals surface area contributed by atoms with E-state index in [1.807, 2.05) is 6.92 Å². The summed E-state index contributed by atoms with van der Waals surface area (Å²) in [6.45, 7) is 7.12. The van der Waals surface area contributed by atoms with Crippen LogP contribution >= 0.6 is 0 Å². The largest absolute Gasteiger partial charge is 0.394 e. The van der Waals surface area contributed by atoms with Gasteiger partial charge < -0.3 is 71.1 Å². The van der Waals surface area contributed by atoms with Gasteiger partial charge in [0.15, 0.2) is 12.1 Å². The lowest BCUT2D eigenvalue weighted by Crippen LogP contribution is -2.89. The molecule has 0 aliphatic carbocycles. The van der Waals surface area contributed by atoms with E-state index < -0.39 is 84.1 Å². The average molecular weight is 745 g/mol. The molecule has 0 radical (unpaired) electrons. The third-order valence-electron chi connectivity index (χ3n) is 10.9.